The van der Waals surface area contributed by atoms with E-state index in [1.807, 2.05) is 4.90 Å². The van der Waals surface area contributed by atoms with Crippen LogP contribution in [0.3, 0.4) is 0 Å². The van der Waals surface area contributed by atoms with Crippen LogP contribution in [0, 0.1) is 0 Å². The van der Waals surface area contributed by atoms with E-state index in [1.54, 1.807) is 37.0 Å². The van der Waals surface area contributed by atoms with Crippen molar-refractivity contribution < 1.29 is 13.5 Å². The Morgan fingerprint density at radius 2 is 2.32 bits per heavy atom. The van der Waals surface area contributed by atoms with E-state index in [4.69, 9.17) is 0 Å². The molecule has 1 N–H and O–H groups in total. The molecule has 0 aliphatic carbocycles. The zero-order valence-corrected chi connectivity index (χ0v) is 12.6. The van der Waals surface area contributed by atoms with Gasteiger partial charge < -0.3 is 10.0 Å². The molecule has 1 fully saturated rings. The van der Waals surface area contributed by atoms with E-state index >= 15 is 0 Å². The van der Waals surface area contributed by atoms with E-state index in [2.05, 4.69) is 4.98 Å². The molecule has 2 unspecified atom stereocenters. The van der Waals surface area contributed by atoms with E-state index in [0.29, 0.717) is 18.1 Å². The fourth-order valence-electron chi connectivity index (χ4n) is 2.05. The van der Waals surface area contributed by atoms with Crippen molar-refractivity contribution in [3.63, 3.8) is 0 Å². The standard InChI is InChI=1S/C12H18N2O3S2/c1-9(15)10-3-4-13-11(7-10)14-5-6-18-8-12(14)19(2,16)17/h3-4,7,9,12,15H,5-6,8H2,1-2H3. The highest BCUT2D eigenvalue weighted by atomic mass is 32.2. The fourth-order valence-corrected chi connectivity index (χ4v) is 4.88. The summed E-state index contributed by atoms with van der Waals surface area (Å²) in [6.07, 6.45) is 2.28. The van der Waals surface area contributed by atoms with Crippen LogP contribution in [-0.4, -0.2) is 48.2 Å². The van der Waals surface area contributed by atoms with E-state index in [-0.39, 0.29) is 0 Å². The number of anilines is 1. The van der Waals surface area contributed by atoms with Gasteiger partial charge in [-0.1, -0.05) is 0 Å². The number of aliphatic hydroxyl groups excluding tert-OH is 1. The molecule has 2 rings (SSSR count). The van der Waals surface area contributed by atoms with Gasteiger partial charge in [-0.25, -0.2) is 13.4 Å². The van der Waals surface area contributed by atoms with Gasteiger partial charge in [0, 0.05) is 30.5 Å². The van der Waals surface area contributed by atoms with Crippen LogP contribution in [0.5, 0.6) is 0 Å². The minimum atomic E-state index is -3.15. The minimum absolute atomic E-state index is 0.539. The third-order valence-corrected chi connectivity index (χ3v) is 5.77. The molecule has 1 aromatic heterocycles. The summed E-state index contributed by atoms with van der Waals surface area (Å²) < 4.78 is 23.7. The Labute approximate surface area is 118 Å². The van der Waals surface area contributed by atoms with Gasteiger partial charge in [0.05, 0.1) is 6.10 Å². The van der Waals surface area contributed by atoms with Crippen LogP contribution in [0.2, 0.25) is 0 Å². The summed E-state index contributed by atoms with van der Waals surface area (Å²) in [4.78, 5) is 6.07. The van der Waals surface area contributed by atoms with Gasteiger partial charge in [0.15, 0.2) is 9.84 Å². The quantitative estimate of drug-likeness (QED) is 0.900. The van der Waals surface area contributed by atoms with Crippen LogP contribution < -0.4 is 4.90 Å². The maximum atomic E-state index is 11.9. The summed E-state index contributed by atoms with van der Waals surface area (Å²) in [7, 11) is -3.15. The van der Waals surface area contributed by atoms with Crippen LogP contribution in [0.1, 0.15) is 18.6 Å². The Kier molecular flexibility index (Phi) is 4.37. The minimum Gasteiger partial charge on any atom is -0.389 e. The normalized spacial score (nSPS) is 22.3. The number of hydrogen-bond acceptors (Lipinski definition) is 6. The molecule has 19 heavy (non-hydrogen) atoms. The van der Waals surface area contributed by atoms with Crippen molar-refractivity contribution in [3.05, 3.63) is 23.9 Å². The predicted octanol–water partition coefficient (Wildman–Crippen LogP) is 1.06. The van der Waals surface area contributed by atoms with Crippen molar-refractivity contribution in [2.45, 2.75) is 18.4 Å². The maximum Gasteiger partial charge on any atom is 0.169 e. The van der Waals surface area contributed by atoms with Gasteiger partial charge in [0.25, 0.3) is 0 Å². The molecule has 0 amide bonds. The summed E-state index contributed by atoms with van der Waals surface area (Å²) in [5.41, 5.74) is 0.746. The summed E-state index contributed by atoms with van der Waals surface area (Å²) in [5, 5.41) is 9.06. The first-order chi connectivity index (χ1) is 8.89. The largest absolute Gasteiger partial charge is 0.389 e. The SMILES string of the molecule is CC(O)c1ccnc(N2CCSCC2S(C)(=O)=O)c1. The van der Waals surface area contributed by atoms with Crippen molar-refractivity contribution in [3.8, 4) is 0 Å². The molecule has 0 aromatic carbocycles. The molecule has 1 aromatic rings. The molecule has 0 spiro atoms. The van der Waals surface area contributed by atoms with E-state index in [0.717, 1.165) is 11.3 Å². The summed E-state index contributed by atoms with van der Waals surface area (Å²) >= 11 is 1.64. The third-order valence-electron chi connectivity index (χ3n) is 3.13. The third kappa shape index (κ3) is 3.40. The molecule has 1 aliphatic heterocycles. The Bertz CT molecular complexity index is 546. The average molecular weight is 302 g/mol. The first-order valence-electron chi connectivity index (χ1n) is 6.07. The molecule has 5 nitrogen and oxygen atoms in total. The maximum absolute atomic E-state index is 11.9. The number of aliphatic hydroxyl groups is 1. The smallest absolute Gasteiger partial charge is 0.169 e. The molecule has 7 heteroatoms. The fraction of sp³-hybridized carbons (Fsp3) is 0.583. The molecule has 0 bridgehead atoms. The van der Waals surface area contributed by atoms with Crippen LogP contribution in [-0.2, 0) is 9.84 Å². The zero-order chi connectivity index (χ0) is 14.0. The van der Waals surface area contributed by atoms with E-state index < -0.39 is 21.3 Å². The van der Waals surface area contributed by atoms with Gasteiger partial charge >= 0.3 is 0 Å². The van der Waals surface area contributed by atoms with E-state index in [9.17, 15) is 13.5 Å². The number of hydrogen-bond donors (Lipinski definition) is 1. The number of pyridine rings is 1. The van der Waals surface area contributed by atoms with Crippen molar-refractivity contribution in [2.75, 3.05) is 29.2 Å². The van der Waals surface area contributed by atoms with Crippen LogP contribution >= 0.6 is 11.8 Å². The lowest BCUT2D eigenvalue weighted by Gasteiger charge is -2.35. The molecule has 0 radical (unpaired) electrons. The Morgan fingerprint density at radius 1 is 1.58 bits per heavy atom. The Balaban J connectivity index is 2.35. The molecule has 106 valence electrons. The number of rotatable bonds is 3. The lowest BCUT2D eigenvalue weighted by molar-refractivity contribution is 0.199. The Hall–Kier alpha value is -0.790. The number of sulfone groups is 1. The summed E-state index contributed by atoms with van der Waals surface area (Å²) in [6.45, 7) is 2.33. The highest BCUT2D eigenvalue weighted by Crippen LogP contribution is 2.26. The van der Waals surface area contributed by atoms with Gasteiger partial charge in [-0.2, -0.15) is 11.8 Å². The first kappa shape index (κ1) is 14.6. The lowest BCUT2D eigenvalue weighted by Crippen LogP contribution is -2.47. The number of thioether (sulfide) groups is 1. The predicted molar refractivity (Wildman–Crippen MR) is 78.2 cm³/mol. The van der Waals surface area contributed by atoms with Crippen LogP contribution in [0.4, 0.5) is 5.82 Å². The second kappa shape index (κ2) is 5.68. The van der Waals surface area contributed by atoms with Gasteiger partial charge in [0.2, 0.25) is 0 Å². The van der Waals surface area contributed by atoms with Crippen molar-refractivity contribution in [2.24, 2.45) is 0 Å². The lowest BCUT2D eigenvalue weighted by atomic mass is 10.1. The molecule has 2 heterocycles. The second-order valence-electron chi connectivity index (χ2n) is 4.68. The molecule has 2 atom stereocenters. The second-order valence-corrected chi connectivity index (χ2v) is 8.03. The van der Waals surface area contributed by atoms with Crippen molar-refractivity contribution >= 4 is 27.4 Å². The topological polar surface area (TPSA) is 70.5 Å². The van der Waals surface area contributed by atoms with E-state index in [1.165, 1.54) is 6.26 Å². The Morgan fingerprint density at radius 3 is 2.95 bits per heavy atom. The molecular formula is C12H18N2O3S2. The zero-order valence-electron chi connectivity index (χ0n) is 11.0. The van der Waals surface area contributed by atoms with Gasteiger partial charge in [-0.3, -0.25) is 0 Å². The molecular weight excluding hydrogens is 284 g/mol. The highest BCUT2D eigenvalue weighted by molar-refractivity contribution is 8.01. The summed E-state index contributed by atoms with van der Waals surface area (Å²) in [6, 6.07) is 3.50. The molecule has 0 saturated carbocycles. The van der Waals surface area contributed by atoms with Crippen LogP contribution in [0.15, 0.2) is 18.3 Å². The monoisotopic (exact) mass is 302 g/mol. The van der Waals surface area contributed by atoms with Gasteiger partial charge in [0.1, 0.15) is 11.2 Å². The summed E-state index contributed by atoms with van der Waals surface area (Å²) in [5.74, 6) is 2.06. The first-order valence-corrected chi connectivity index (χ1v) is 9.18. The van der Waals surface area contributed by atoms with Crippen molar-refractivity contribution in [1.29, 1.82) is 0 Å². The average Bonchev–Trinajstić information content (AvgIpc) is 2.38. The number of nitrogens with zero attached hydrogens (tertiary/aromatic N) is 2. The van der Waals surface area contributed by atoms with Gasteiger partial charge in [-0.05, 0) is 24.6 Å². The van der Waals surface area contributed by atoms with Crippen molar-refractivity contribution in [1.82, 2.24) is 4.98 Å². The van der Waals surface area contributed by atoms with Gasteiger partial charge in [-0.15, -0.1) is 0 Å². The van der Waals surface area contributed by atoms with Crippen LogP contribution in [0.25, 0.3) is 0 Å². The number of aromatic nitrogens is 1. The molecule has 1 saturated heterocycles. The molecule has 1 aliphatic rings. The highest BCUT2D eigenvalue weighted by Gasteiger charge is 2.31.